The average Bonchev–Trinajstić information content (AvgIpc) is 2.34. The van der Waals surface area contributed by atoms with Crippen molar-refractivity contribution in [3.8, 4) is 0 Å². The van der Waals surface area contributed by atoms with Crippen LogP contribution in [-0.4, -0.2) is 11.5 Å². The van der Waals surface area contributed by atoms with Crippen molar-refractivity contribution < 1.29 is 8.78 Å². The largest absolute Gasteiger partial charge is 0.324 e. The van der Waals surface area contributed by atoms with Gasteiger partial charge >= 0.3 is 0 Å². The van der Waals surface area contributed by atoms with Crippen molar-refractivity contribution in [2.24, 2.45) is 5.73 Å². The number of hydrogen-bond donors (Lipinski definition) is 1. The van der Waals surface area contributed by atoms with Gasteiger partial charge in [0.05, 0.1) is 0 Å². The third kappa shape index (κ3) is 2.28. The van der Waals surface area contributed by atoms with Gasteiger partial charge in [-0.2, -0.15) is 0 Å². The van der Waals surface area contributed by atoms with Gasteiger partial charge in [0, 0.05) is 23.8 Å². The van der Waals surface area contributed by atoms with Crippen LogP contribution in [0.1, 0.15) is 45.1 Å². The Morgan fingerprint density at radius 3 is 2.00 bits per heavy atom. The molecule has 0 heterocycles. The molecule has 0 bridgehead atoms. The predicted molar refractivity (Wildman–Crippen MR) is 69.8 cm³/mol. The van der Waals surface area contributed by atoms with Crippen molar-refractivity contribution in [3.63, 3.8) is 0 Å². The van der Waals surface area contributed by atoms with Crippen LogP contribution in [0.5, 0.6) is 0 Å². The third-order valence-corrected chi connectivity index (χ3v) is 4.61. The van der Waals surface area contributed by atoms with E-state index in [-0.39, 0.29) is 18.3 Å². The minimum Gasteiger partial charge on any atom is -0.324 e. The maximum Gasteiger partial charge on any atom is 0.248 e. The molecule has 1 aromatic rings. The van der Waals surface area contributed by atoms with Gasteiger partial charge in [0.25, 0.3) is 0 Å². The van der Waals surface area contributed by atoms with Crippen LogP contribution in [0.25, 0.3) is 0 Å². The molecule has 0 amide bonds. The Labute approximate surface area is 107 Å². The standard InChI is InChI=1S/C15H21F2N/c1-13(2,12-6-4-3-5-7-12)14(18)8-10-15(16,17)11-9-14/h3-7H,8-11,18H2,1-2H3. The minimum absolute atomic E-state index is 0.0975. The lowest BCUT2D eigenvalue weighted by molar-refractivity contribution is -0.0598. The number of benzene rings is 1. The first-order valence-corrected chi connectivity index (χ1v) is 6.49. The first kappa shape index (κ1) is 13.5. The van der Waals surface area contributed by atoms with Gasteiger partial charge in [-0.1, -0.05) is 44.2 Å². The van der Waals surface area contributed by atoms with Crippen LogP contribution in [0.15, 0.2) is 30.3 Å². The van der Waals surface area contributed by atoms with Crippen molar-refractivity contribution in [3.05, 3.63) is 35.9 Å². The molecule has 2 N–H and O–H groups in total. The third-order valence-electron chi connectivity index (χ3n) is 4.61. The van der Waals surface area contributed by atoms with Gasteiger partial charge in [0.1, 0.15) is 0 Å². The van der Waals surface area contributed by atoms with Crippen molar-refractivity contribution >= 4 is 0 Å². The smallest absolute Gasteiger partial charge is 0.248 e. The Morgan fingerprint density at radius 1 is 1.00 bits per heavy atom. The van der Waals surface area contributed by atoms with Gasteiger partial charge in [0.15, 0.2) is 0 Å². The zero-order valence-corrected chi connectivity index (χ0v) is 11.0. The summed E-state index contributed by atoms with van der Waals surface area (Å²) in [5, 5.41) is 0. The number of rotatable bonds is 2. The summed E-state index contributed by atoms with van der Waals surface area (Å²) in [5.74, 6) is -2.53. The zero-order chi connectivity index (χ0) is 13.4. The molecule has 0 spiro atoms. The molecule has 0 radical (unpaired) electrons. The molecule has 2 rings (SSSR count). The fourth-order valence-electron chi connectivity index (χ4n) is 2.83. The summed E-state index contributed by atoms with van der Waals surface area (Å²) in [6.07, 6.45) is 0.559. The van der Waals surface area contributed by atoms with Crippen LogP contribution < -0.4 is 5.73 Å². The Morgan fingerprint density at radius 2 is 1.50 bits per heavy atom. The van der Waals surface area contributed by atoms with Gasteiger partial charge in [-0.05, 0) is 18.4 Å². The highest BCUT2D eigenvalue weighted by molar-refractivity contribution is 5.29. The second-order valence-corrected chi connectivity index (χ2v) is 6.00. The van der Waals surface area contributed by atoms with Gasteiger partial charge in [-0.3, -0.25) is 0 Å². The van der Waals surface area contributed by atoms with Crippen LogP contribution in [0.4, 0.5) is 8.78 Å². The number of hydrogen-bond acceptors (Lipinski definition) is 1. The molecular formula is C15H21F2N. The lowest BCUT2D eigenvalue weighted by Gasteiger charge is -2.48. The molecule has 1 nitrogen and oxygen atoms in total. The van der Waals surface area contributed by atoms with Crippen LogP contribution >= 0.6 is 0 Å². The Hall–Kier alpha value is -0.960. The van der Waals surface area contributed by atoms with E-state index in [1.807, 2.05) is 30.3 Å². The maximum absolute atomic E-state index is 13.3. The summed E-state index contributed by atoms with van der Waals surface area (Å²) >= 11 is 0. The zero-order valence-electron chi connectivity index (χ0n) is 11.0. The van der Waals surface area contributed by atoms with E-state index in [9.17, 15) is 8.78 Å². The quantitative estimate of drug-likeness (QED) is 0.850. The topological polar surface area (TPSA) is 26.0 Å². The molecule has 18 heavy (non-hydrogen) atoms. The molecule has 100 valence electrons. The van der Waals surface area contributed by atoms with Crippen LogP contribution in [0, 0.1) is 0 Å². The summed E-state index contributed by atoms with van der Waals surface area (Å²) in [6, 6.07) is 9.95. The molecular weight excluding hydrogens is 232 g/mol. The SMILES string of the molecule is CC(C)(c1ccccc1)C1(N)CCC(F)(F)CC1. The van der Waals surface area contributed by atoms with Gasteiger partial charge < -0.3 is 5.73 Å². The minimum atomic E-state index is -2.53. The molecule has 1 aliphatic carbocycles. The summed E-state index contributed by atoms with van der Waals surface area (Å²) in [6.45, 7) is 4.12. The molecule has 0 unspecified atom stereocenters. The molecule has 0 aliphatic heterocycles. The van der Waals surface area contributed by atoms with Crippen LogP contribution in [-0.2, 0) is 5.41 Å². The van der Waals surface area contributed by atoms with Crippen molar-refractivity contribution in [2.75, 3.05) is 0 Å². The monoisotopic (exact) mass is 253 g/mol. The summed E-state index contributed by atoms with van der Waals surface area (Å²) in [4.78, 5) is 0. The molecule has 1 aromatic carbocycles. The van der Waals surface area contributed by atoms with E-state index in [0.29, 0.717) is 12.8 Å². The fourth-order valence-corrected chi connectivity index (χ4v) is 2.83. The van der Waals surface area contributed by atoms with E-state index in [1.165, 1.54) is 0 Å². The maximum atomic E-state index is 13.3. The number of nitrogens with two attached hydrogens (primary N) is 1. The molecule has 1 fully saturated rings. The van der Waals surface area contributed by atoms with E-state index in [2.05, 4.69) is 13.8 Å². The van der Waals surface area contributed by atoms with Crippen molar-refractivity contribution in [1.29, 1.82) is 0 Å². The first-order valence-electron chi connectivity index (χ1n) is 6.49. The molecule has 0 atom stereocenters. The predicted octanol–water partition coefficient (Wildman–Crippen LogP) is 3.87. The lowest BCUT2D eigenvalue weighted by Crippen LogP contribution is -2.58. The highest BCUT2D eigenvalue weighted by atomic mass is 19.3. The number of alkyl halides is 2. The second kappa shape index (κ2) is 4.30. The van der Waals surface area contributed by atoms with Crippen LogP contribution in [0.3, 0.4) is 0 Å². The second-order valence-electron chi connectivity index (χ2n) is 6.00. The molecule has 1 aliphatic rings. The van der Waals surface area contributed by atoms with Gasteiger partial charge in [0.2, 0.25) is 5.92 Å². The van der Waals surface area contributed by atoms with E-state index in [4.69, 9.17) is 5.73 Å². The van der Waals surface area contributed by atoms with E-state index < -0.39 is 11.5 Å². The molecule has 0 saturated heterocycles. The normalized spacial score (nSPS) is 22.7. The van der Waals surface area contributed by atoms with E-state index >= 15 is 0 Å². The molecule has 0 aromatic heterocycles. The average molecular weight is 253 g/mol. The Bertz CT molecular complexity index is 402. The highest BCUT2D eigenvalue weighted by Gasteiger charge is 2.49. The van der Waals surface area contributed by atoms with Crippen LogP contribution in [0.2, 0.25) is 0 Å². The molecule has 1 saturated carbocycles. The van der Waals surface area contributed by atoms with E-state index in [1.54, 1.807) is 0 Å². The first-order chi connectivity index (χ1) is 8.27. The Balaban J connectivity index is 2.25. The fraction of sp³-hybridized carbons (Fsp3) is 0.600. The Kier molecular flexibility index (Phi) is 3.22. The van der Waals surface area contributed by atoms with Gasteiger partial charge in [-0.25, -0.2) is 8.78 Å². The highest BCUT2D eigenvalue weighted by Crippen LogP contribution is 2.46. The summed E-state index contributed by atoms with van der Waals surface area (Å²) in [7, 11) is 0. The van der Waals surface area contributed by atoms with Gasteiger partial charge in [-0.15, -0.1) is 0 Å². The van der Waals surface area contributed by atoms with E-state index in [0.717, 1.165) is 5.56 Å². The van der Waals surface area contributed by atoms with Crippen molar-refractivity contribution in [2.45, 2.75) is 56.4 Å². The number of halogens is 2. The molecule has 3 heteroatoms. The van der Waals surface area contributed by atoms with Crippen molar-refractivity contribution in [1.82, 2.24) is 0 Å². The lowest BCUT2D eigenvalue weighted by atomic mass is 9.61. The summed E-state index contributed by atoms with van der Waals surface area (Å²) in [5.41, 5.74) is 6.75. The summed E-state index contributed by atoms with van der Waals surface area (Å²) < 4.78 is 26.6.